The van der Waals surface area contributed by atoms with Crippen molar-refractivity contribution in [3.63, 3.8) is 0 Å². The molecular weight excluding hydrogens is 202 g/mol. The van der Waals surface area contributed by atoms with Gasteiger partial charge in [0.1, 0.15) is 18.0 Å². The van der Waals surface area contributed by atoms with Gasteiger partial charge in [-0.15, -0.1) is 12.4 Å². The van der Waals surface area contributed by atoms with Crippen molar-refractivity contribution in [1.82, 2.24) is 19.5 Å². The first-order chi connectivity index (χ1) is 6.40. The molecule has 2 rings (SSSR count). The summed E-state index contributed by atoms with van der Waals surface area (Å²) in [5, 5.41) is 0. The third-order valence-corrected chi connectivity index (χ3v) is 1.64. The second-order valence-corrected chi connectivity index (χ2v) is 2.51. The van der Waals surface area contributed by atoms with Crippen molar-refractivity contribution in [3.8, 4) is 5.82 Å². The van der Waals surface area contributed by atoms with E-state index in [1.165, 1.54) is 0 Å². The Labute approximate surface area is 87.4 Å². The molecule has 0 aliphatic rings. The van der Waals surface area contributed by atoms with Gasteiger partial charge in [-0.2, -0.15) is 0 Å². The van der Waals surface area contributed by atoms with Gasteiger partial charge in [0.15, 0.2) is 0 Å². The first-order valence-corrected chi connectivity index (χ1v) is 3.90. The molecule has 0 radical (unpaired) electrons. The smallest absolute Gasteiger partial charge is 0.144 e. The SMILES string of the molecule is Cl.NCc1nccc(-n2ccnc2)n1. The van der Waals surface area contributed by atoms with Crippen molar-refractivity contribution >= 4 is 12.4 Å². The maximum absolute atomic E-state index is 5.42. The average Bonchev–Trinajstić information content (AvgIpc) is 2.71. The molecule has 0 atom stereocenters. The number of hydrogen-bond donors (Lipinski definition) is 1. The van der Waals surface area contributed by atoms with Crippen molar-refractivity contribution < 1.29 is 0 Å². The number of halogens is 1. The number of aromatic nitrogens is 4. The highest BCUT2D eigenvalue weighted by Crippen LogP contribution is 2.01. The maximum Gasteiger partial charge on any atom is 0.144 e. The largest absolute Gasteiger partial charge is 0.324 e. The lowest BCUT2D eigenvalue weighted by Crippen LogP contribution is -2.05. The highest BCUT2D eigenvalue weighted by Gasteiger charge is 1.98. The summed E-state index contributed by atoms with van der Waals surface area (Å²) < 4.78 is 1.81. The molecule has 0 saturated carbocycles. The summed E-state index contributed by atoms with van der Waals surface area (Å²) in [5.41, 5.74) is 5.42. The van der Waals surface area contributed by atoms with E-state index in [1.807, 2.05) is 6.20 Å². The van der Waals surface area contributed by atoms with E-state index in [2.05, 4.69) is 15.0 Å². The first kappa shape index (κ1) is 10.6. The molecule has 0 aliphatic carbocycles. The zero-order chi connectivity index (χ0) is 9.10. The van der Waals surface area contributed by atoms with Gasteiger partial charge >= 0.3 is 0 Å². The van der Waals surface area contributed by atoms with Crippen LogP contribution in [0.15, 0.2) is 31.0 Å². The molecule has 0 saturated heterocycles. The predicted octanol–water partition coefficient (Wildman–Crippen LogP) is 0.543. The number of nitrogens with two attached hydrogens (primary N) is 1. The summed E-state index contributed by atoms with van der Waals surface area (Å²) in [4.78, 5) is 12.1. The van der Waals surface area contributed by atoms with Crippen molar-refractivity contribution in [2.24, 2.45) is 5.73 Å². The minimum Gasteiger partial charge on any atom is -0.324 e. The quantitative estimate of drug-likeness (QED) is 0.788. The molecule has 6 heteroatoms. The molecule has 2 N–H and O–H groups in total. The van der Waals surface area contributed by atoms with Gasteiger partial charge in [0.2, 0.25) is 0 Å². The van der Waals surface area contributed by atoms with Gasteiger partial charge in [-0.3, -0.25) is 4.57 Å². The van der Waals surface area contributed by atoms with Gasteiger partial charge in [-0.25, -0.2) is 15.0 Å². The van der Waals surface area contributed by atoms with Crippen LogP contribution in [-0.4, -0.2) is 19.5 Å². The van der Waals surface area contributed by atoms with Crippen LogP contribution in [0, 0.1) is 0 Å². The number of imidazole rings is 1. The second kappa shape index (κ2) is 4.69. The summed E-state index contributed by atoms with van der Waals surface area (Å²) in [5.74, 6) is 1.42. The summed E-state index contributed by atoms with van der Waals surface area (Å²) in [6, 6.07) is 1.81. The van der Waals surface area contributed by atoms with Crippen LogP contribution < -0.4 is 5.73 Å². The molecule has 74 valence electrons. The normalized spacial score (nSPS) is 9.50. The lowest BCUT2D eigenvalue weighted by Gasteiger charge is -2.01. The van der Waals surface area contributed by atoms with E-state index in [9.17, 15) is 0 Å². The monoisotopic (exact) mass is 211 g/mol. The molecule has 0 aliphatic heterocycles. The van der Waals surface area contributed by atoms with Crippen molar-refractivity contribution in [2.75, 3.05) is 0 Å². The standard InChI is InChI=1S/C8H9N5.ClH/c9-5-7-11-2-1-8(12-7)13-4-3-10-6-13;/h1-4,6H,5,9H2;1H. The molecular formula is C8H10ClN5. The predicted molar refractivity (Wildman–Crippen MR) is 54.3 cm³/mol. The maximum atomic E-state index is 5.42. The van der Waals surface area contributed by atoms with E-state index in [-0.39, 0.29) is 12.4 Å². The van der Waals surface area contributed by atoms with Crippen LogP contribution in [0.5, 0.6) is 0 Å². The van der Waals surface area contributed by atoms with Gasteiger partial charge in [0.25, 0.3) is 0 Å². The van der Waals surface area contributed by atoms with Crippen LogP contribution in [0.2, 0.25) is 0 Å². The molecule has 0 fully saturated rings. The molecule has 0 amide bonds. The molecule has 0 spiro atoms. The van der Waals surface area contributed by atoms with Crippen LogP contribution in [0.4, 0.5) is 0 Å². The third-order valence-electron chi connectivity index (χ3n) is 1.64. The van der Waals surface area contributed by atoms with E-state index < -0.39 is 0 Å². The van der Waals surface area contributed by atoms with E-state index in [1.54, 1.807) is 29.4 Å². The zero-order valence-corrected chi connectivity index (χ0v) is 8.18. The van der Waals surface area contributed by atoms with E-state index in [4.69, 9.17) is 5.73 Å². The van der Waals surface area contributed by atoms with E-state index in [0.29, 0.717) is 12.4 Å². The van der Waals surface area contributed by atoms with Gasteiger partial charge in [0, 0.05) is 18.6 Å². The summed E-state index contributed by atoms with van der Waals surface area (Å²) in [7, 11) is 0. The Balaban J connectivity index is 0.000000980. The fourth-order valence-electron chi connectivity index (χ4n) is 1.03. The molecule has 2 aromatic heterocycles. The summed E-state index contributed by atoms with van der Waals surface area (Å²) >= 11 is 0. The number of rotatable bonds is 2. The van der Waals surface area contributed by atoms with Crippen molar-refractivity contribution in [1.29, 1.82) is 0 Å². The number of nitrogens with zero attached hydrogens (tertiary/aromatic N) is 4. The molecule has 0 aromatic carbocycles. The third kappa shape index (κ3) is 2.07. The molecule has 14 heavy (non-hydrogen) atoms. The molecule has 5 nitrogen and oxygen atoms in total. The van der Waals surface area contributed by atoms with Crippen molar-refractivity contribution in [2.45, 2.75) is 6.54 Å². The zero-order valence-electron chi connectivity index (χ0n) is 7.37. The Bertz CT molecular complexity index is 386. The lowest BCUT2D eigenvalue weighted by molar-refractivity contribution is 0.868. The van der Waals surface area contributed by atoms with Gasteiger partial charge in [-0.1, -0.05) is 0 Å². The van der Waals surface area contributed by atoms with Crippen molar-refractivity contribution in [3.05, 3.63) is 36.8 Å². The highest BCUT2D eigenvalue weighted by molar-refractivity contribution is 5.85. The van der Waals surface area contributed by atoms with Gasteiger partial charge in [0.05, 0.1) is 6.54 Å². The lowest BCUT2D eigenvalue weighted by atomic mass is 10.5. The Hall–Kier alpha value is -1.46. The van der Waals surface area contributed by atoms with Crippen LogP contribution in [-0.2, 0) is 6.54 Å². The van der Waals surface area contributed by atoms with Crippen LogP contribution in [0.3, 0.4) is 0 Å². The average molecular weight is 212 g/mol. The minimum atomic E-state index is 0. The highest BCUT2D eigenvalue weighted by atomic mass is 35.5. The Kier molecular flexibility index (Phi) is 3.55. The summed E-state index contributed by atoms with van der Waals surface area (Å²) in [6.07, 6.45) is 6.89. The van der Waals surface area contributed by atoms with E-state index in [0.717, 1.165) is 5.82 Å². The molecule has 0 bridgehead atoms. The molecule has 0 unspecified atom stereocenters. The van der Waals surface area contributed by atoms with Crippen LogP contribution >= 0.6 is 12.4 Å². The van der Waals surface area contributed by atoms with Crippen LogP contribution in [0.25, 0.3) is 5.82 Å². The topological polar surface area (TPSA) is 69.6 Å². The minimum absolute atomic E-state index is 0. The fourth-order valence-corrected chi connectivity index (χ4v) is 1.03. The summed E-state index contributed by atoms with van der Waals surface area (Å²) in [6.45, 7) is 0.350. The van der Waals surface area contributed by atoms with Crippen LogP contribution in [0.1, 0.15) is 5.82 Å². The second-order valence-electron chi connectivity index (χ2n) is 2.51. The Morgan fingerprint density at radius 1 is 1.36 bits per heavy atom. The fraction of sp³-hybridized carbons (Fsp3) is 0.125. The van der Waals surface area contributed by atoms with E-state index >= 15 is 0 Å². The Morgan fingerprint density at radius 2 is 2.21 bits per heavy atom. The van der Waals surface area contributed by atoms with Gasteiger partial charge < -0.3 is 5.73 Å². The Morgan fingerprint density at radius 3 is 2.86 bits per heavy atom. The van der Waals surface area contributed by atoms with Gasteiger partial charge in [-0.05, 0) is 6.07 Å². The first-order valence-electron chi connectivity index (χ1n) is 3.90. The molecule has 2 heterocycles. The molecule has 2 aromatic rings. The number of hydrogen-bond acceptors (Lipinski definition) is 4.